The number of nitrogens with zero attached hydrogens (tertiary/aromatic N) is 2. The maximum atomic E-state index is 13.1. The first kappa shape index (κ1) is 15.4. The van der Waals surface area contributed by atoms with Crippen LogP contribution in [-0.2, 0) is 0 Å². The average molecular weight is 320 g/mol. The van der Waals surface area contributed by atoms with Gasteiger partial charge in [-0.05, 0) is 24.3 Å². The van der Waals surface area contributed by atoms with E-state index in [0.717, 1.165) is 11.4 Å². The van der Waals surface area contributed by atoms with Crippen molar-refractivity contribution in [2.24, 2.45) is 0 Å². The van der Waals surface area contributed by atoms with E-state index >= 15 is 0 Å². The Balaban J connectivity index is 2.10. The fraction of sp³-hybridized carbons (Fsp3) is 0.158. The summed E-state index contributed by atoms with van der Waals surface area (Å²) in [6.07, 6.45) is 4.53. The summed E-state index contributed by atoms with van der Waals surface area (Å²) in [6, 6.07) is 20.9. The summed E-state index contributed by atoms with van der Waals surface area (Å²) < 4.78 is 0. The van der Waals surface area contributed by atoms with Crippen molar-refractivity contribution in [1.29, 1.82) is 5.26 Å². The standard InChI is InChI=1S/C19H16N2OS/c20-15-19(13-7-8-14-23-19)21(17-11-5-2-6-12-17)18(22)16-9-3-1-4-10-16/h1-12H,13-14H2. The van der Waals surface area contributed by atoms with Crippen LogP contribution in [0.25, 0.3) is 0 Å². The molecule has 4 heteroatoms. The molecule has 0 bridgehead atoms. The number of nitriles is 1. The van der Waals surface area contributed by atoms with E-state index in [9.17, 15) is 10.1 Å². The minimum absolute atomic E-state index is 0.152. The van der Waals surface area contributed by atoms with Crippen molar-refractivity contribution in [2.45, 2.75) is 11.3 Å². The first-order chi connectivity index (χ1) is 11.3. The van der Waals surface area contributed by atoms with Gasteiger partial charge in [-0.3, -0.25) is 9.69 Å². The molecule has 1 amide bonds. The summed E-state index contributed by atoms with van der Waals surface area (Å²) in [5, 5.41) is 9.87. The van der Waals surface area contributed by atoms with Gasteiger partial charge in [0.1, 0.15) is 6.07 Å². The lowest BCUT2D eigenvalue weighted by Gasteiger charge is -2.39. The first-order valence-corrected chi connectivity index (χ1v) is 8.40. The zero-order chi connectivity index (χ0) is 16.1. The predicted octanol–water partition coefficient (Wildman–Crippen LogP) is 4.25. The number of amides is 1. The summed E-state index contributed by atoms with van der Waals surface area (Å²) in [5.41, 5.74) is 1.33. The summed E-state index contributed by atoms with van der Waals surface area (Å²) in [4.78, 5) is 13.9. The Bertz CT molecular complexity index is 752. The number of hydrogen-bond acceptors (Lipinski definition) is 3. The number of rotatable bonds is 3. The highest BCUT2D eigenvalue weighted by molar-refractivity contribution is 8.01. The van der Waals surface area contributed by atoms with Crippen LogP contribution in [0.1, 0.15) is 16.8 Å². The van der Waals surface area contributed by atoms with Crippen molar-refractivity contribution in [3.63, 3.8) is 0 Å². The average Bonchev–Trinajstić information content (AvgIpc) is 2.64. The first-order valence-electron chi connectivity index (χ1n) is 7.42. The van der Waals surface area contributed by atoms with Crippen LogP contribution < -0.4 is 4.90 Å². The quantitative estimate of drug-likeness (QED) is 0.794. The zero-order valence-corrected chi connectivity index (χ0v) is 13.4. The monoisotopic (exact) mass is 320 g/mol. The van der Waals surface area contributed by atoms with Gasteiger partial charge in [-0.25, -0.2) is 0 Å². The molecule has 1 heterocycles. The van der Waals surface area contributed by atoms with Crippen molar-refractivity contribution in [3.05, 3.63) is 78.4 Å². The Kier molecular flexibility index (Phi) is 4.50. The molecule has 2 aromatic carbocycles. The lowest BCUT2D eigenvalue weighted by Crippen LogP contribution is -2.49. The molecule has 3 rings (SSSR count). The molecule has 0 N–H and O–H groups in total. The van der Waals surface area contributed by atoms with Crippen molar-refractivity contribution in [3.8, 4) is 6.07 Å². The molecular weight excluding hydrogens is 304 g/mol. The summed E-state index contributed by atoms with van der Waals surface area (Å²) >= 11 is 1.49. The number of hydrogen-bond donors (Lipinski definition) is 0. The molecule has 0 radical (unpaired) electrons. The second-order valence-corrected chi connectivity index (χ2v) is 6.52. The second-order valence-electron chi connectivity index (χ2n) is 5.22. The molecule has 2 aromatic rings. The van der Waals surface area contributed by atoms with Gasteiger partial charge in [0.05, 0.1) is 0 Å². The van der Waals surface area contributed by atoms with Crippen molar-refractivity contribution in [2.75, 3.05) is 10.7 Å². The number of carbonyl (C=O) groups excluding carboxylic acids is 1. The van der Waals surface area contributed by atoms with Crippen LogP contribution in [0.5, 0.6) is 0 Å². The Labute approximate surface area is 140 Å². The maximum Gasteiger partial charge on any atom is 0.260 e. The molecule has 0 fully saturated rings. The number of para-hydroxylation sites is 1. The highest BCUT2D eigenvalue weighted by Gasteiger charge is 2.42. The van der Waals surface area contributed by atoms with Gasteiger partial charge in [0.25, 0.3) is 5.91 Å². The zero-order valence-electron chi connectivity index (χ0n) is 12.6. The molecule has 1 unspecified atom stereocenters. The van der Waals surface area contributed by atoms with E-state index in [1.807, 2.05) is 60.7 Å². The van der Waals surface area contributed by atoms with Crippen LogP contribution >= 0.6 is 11.8 Å². The van der Waals surface area contributed by atoms with E-state index in [0.29, 0.717) is 12.0 Å². The minimum Gasteiger partial charge on any atom is -0.280 e. The van der Waals surface area contributed by atoms with Crippen LogP contribution in [0.4, 0.5) is 5.69 Å². The van der Waals surface area contributed by atoms with Crippen LogP contribution in [0, 0.1) is 11.3 Å². The highest BCUT2D eigenvalue weighted by Crippen LogP contribution is 2.40. The number of anilines is 1. The summed E-state index contributed by atoms with van der Waals surface area (Å²) in [7, 11) is 0. The van der Waals surface area contributed by atoms with Gasteiger partial charge < -0.3 is 0 Å². The van der Waals surface area contributed by atoms with Crippen LogP contribution in [0.3, 0.4) is 0 Å². The van der Waals surface area contributed by atoms with E-state index in [2.05, 4.69) is 6.07 Å². The molecular formula is C19H16N2OS. The number of carbonyl (C=O) groups is 1. The maximum absolute atomic E-state index is 13.1. The van der Waals surface area contributed by atoms with E-state index in [1.54, 1.807) is 17.0 Å². The number of thioether (sulfide) groups is 1. The van der Waals surface area contributed by atoms with Gasteiger partial charge in [0.2, 0.25) is 0 Å². The van der Waals surface area contributed by atoms with Gasteiger partial charge >= 0.3 is 0 Å². The van der Waals surface area contributed by atoms with Crippen molar-refractivity contribution in [1.82, 2.24) is 0 Å². The molecule has 3 nitrogen and oxygen atoms in total. The molecule has 0 aliphatic carbocycles. The Morgan fingerprint density at radius 1 is 1.04 bits per heavy atom. The summed E-state index contributed by atoms with van der Waals surface area (Å²) in [6.45, 7) is 0. The fourth-order valence-electron chi connectivity index (χ4n) is 2.62. The van der Waals surface area contributed by atoms with Crippen LogP contribution in [0.15, 0.2) is 72.8 Å². The van der Waals surface area contributed by atoms with E-state index in [-0.39, 0.29) is 5.91 Å². The Morgan fingerprint density at radius 3 is 2.26 bits per heavy atom. The minimum atomic E-state index is -0.914. The fourth-order valence-corrected chi connectivity index (χ4v) is 3.72. The third-order valence-electron chi connectivity index (χ3n) is 3.75. The normalized spacial score (nSPS) is 19.8. The predicted molar refractivity (Wildman–Crippen MR) is 94.3 cm³/mol. The Hall–Kier alpha value is -2.51. The molecule has 0 saturated carbocycles. The van der Waals surface area contributed by atoms with E-state index < -0.39 is 4.87 Å². The third-order valence-corrected chi connectivity index (χ3v) is 5.03. The molecule has 1 aliphatic rings. The topological polar surface area (TPSA) is 44.1 Å². The largest absolute Gasteiger partial charge is 0.280 e. The van der Waals surface area contributed by atoms with E-state index in [1.165, 1.54) is 11.8 Å². The molecule has 1 aliphatic heterocycles. The number of benzene rings is 2. The van der Waals surface area contributed by atoms with Crippen LogP contribution in [0.2, 0.25) is 0 Å². The van der Waals surface area contributed by atoms with Crippen LogP contribution in [-0.4, -0.2) is 16.5 Å². The molecule has 0 saturated heterocycles. The highest BCUT2D eigenvalue weighted by atomic mass is 32.2. The van der Waals surface area contributed by atoms with Gasteiger partial charge in [-0.1, -0.05) is 48.6 Å². The Morgan fingerprint density at radius 2 is 1.70 bits per heavy atom. The molecule has 23 heavy (non-hydrogen) atoms. The SMILES string of the molecule is N#CC1(N(C(=O)c2ccccc2)c2ccccc2)CC=CCS1. The van der Waals surface area contributed by atoms with Gasteiger partial charge in [0.15, 0.2) is 4.87 Å². The van der Waals surface area contributed by atoms with Gasteiger partial charge in [-0.2, -0.15) is 5.26 Å². The summed E-state index contributed by atoms with van der Waals surface area (Å²) in [5.74, 6) is 0.569. The molecule has 0 spiro atoms. The smallest absolute Gasteiger partial charge is 0.260 e. The van der Waals surface area contributed by atoms with Gasteiger partial charge in [0, 0.05) is 23.4 Å². The van der Waals surface area contributed by atoms with Crippen molar-refractivity contribution >= 4 is 23.4 Å². The third kappa shape index (κ3) is 3.01. The van der Waals surface area contributed by atoms with Gasteiger partial charge in [-0.15, -0.1) is 11.8 Å². The molecule has 1 atom stereocenters. The van der Waals surface area contributed by atoms with Crippen molar-refractivity contribution < 1.29 is 4.79 Å². The van der Waals surface area contributed by atoms with E-state index in [4.69, 9.17) is 0 Å². The lowest BCUT2D eigenvalue weighted by molar-refractivity contribution is 0.0978. The lowest BCUT2D eigenvalue weighted by atomic mass is 10.1. The second kappa shape index (κ2) is 6.72. The molecule has 0 aromatic heterocycles. The molecule has 114 valence electrons.